The van der Waals surface area contributed by atoms with Crippen molar-refractivity contribution in [3.05, 3.63) is 35.9 Å². The maximum Gasteiger partial charge on any atom is 0.196 e. The molecule has 0 aliphatic heterocycles. The van der Waals surface area contributed by atoms with Gasteiger partial charge in [-0.3, -0.25) is 4.79 Å². The van der Waals surface area contributed by atoms with Gasteiger partial charge in [-0.1, -0.05) is 56.9 Å². The second-order valence-corrected chi connectivity index (χ2v) is 12.8. The summed E-state index contributed by atoms with van der Waals surface area (Å²) in [7, 11) is -1.30. The van der Waals surface area contributed by atoms with Crippen LogP contribution in [0.4, 0.5) is 0 Å². The Kier molecular flexibility index (Phi) is 5.57. The number of carbonyl (C=O) groups excluding carboxylic acids is 1. The molecule has 0 atom stereocenters. The summed E-state index contributed by atoms with van der Waals surface area (Å²) >= 11 is 4.26. The molecule has 0 N–H and O–H groups in total. The predicted octanol–water partition coefficient (Wildman–Crippen LogP) is 4.48. The molecule has 0 heterocycles. The van der Waals surface area contributed by atoms with Gasteiger partial charge in [0.25, 0.3) is 0 Å². The number of thiol groups is 1. The topological polar surface area (TPSA) is 20.3 Å². The molecule has 1 fully saturated rings. The molecule has 1 aromatic rings. The van der Waals surface area contributed by atoms with E-state index in [9.17, 15) is 4.79 Å². The first-order chi connectivity index (χ1) is 10.3. The molecule has 1 aliphatic rings. The van der Waals surface area contributed by atoms with Crippen molar-refractivity contribution in [2.24, 2.45) is 0 Å². The van der Waals surface area contributed by atoms with Gasteiger partial charge >= 0.3 is 0 Å². The second-order valence-electron chi connectivity index (χ2n) is 7.44. The van der Waals surface area contributed by atoms with Gasteiger partial charge in [0, 0.05) is 6.04 Å². The molecule has 0 bridgehead atoms. The average molecular weight is 336 g/mol. The molecular formula is C18H29NOSSi. The van der Waals surface area contributed by atoms with Gasteiger partial charge < -0.3 is 4.57 Å². The molecular weight excluding hydrogens is 306 g/mol. The first-order valence-corrected chi connectivity index (χ1v) is 12.3. The Morgan fingerprint density at radius 1 is 1.23 bits per heavy atom. The fourth-order valence-electron chi connectivity index (χ4n) is 4.07. The van der Waals surface area contributed by atoms with Gasteiger partial charge in [-0.2, -0.15) is 0 Å². The number of carbonyl (C=O) groups is 1. The molecule has 1 aliphatic carbocycles. The number of nitrogens with zero attached hydrogens (tertiary/aromatic N) is 1. The van der Waals surface area contributed by atoms with Crippen molar-refractivity contribution in [3.63, 3.8) is 0 Å². The van der Waals surface area contributed by atoms with Crippen molar-refractivity contribution < 1.29 is 4.79 Å². The van der Waals surface area contributed by atoms with E-state index in [0.29, 0.717) is 6.04 Å². The molecule has 0 aromatic heterocycles. The summed E-state index contributed by atoms with van der Waals surface area (Å²) in [4.78, 5) is 12.3. The molecule has 0 unspecified atom stereocenters. The van der Waals surface area contributed by atoms with E-state index in [2.05, 4.69) is 55.9 Å². The Balaban J connectivity index is 2.19. The lowest BCUT2D eigenvalue weighted by atomic mass is 9.69. The maximum absolute atomic E-state index is 12.3. The minimum Gasteiger partial charge on any atom is -0.321 e. The van der Waals surface area contributed by atoms with Crippen LogP contribution in [0.3, 0.4) is 0 Å². The zero-order chi connectivity index (χ0) is 16.4. The van der Waals surface area contributed by atoms with Crippen molar-refractivity contribution in [1.29, 1.82) is 0 Å². The summed E-state index contributed by atoms with van der Waals surface area (Å²) in [6.07, 6.45) is 4.04. The highest BCUT2D eigenvalue weighted by molar-refractivity contribution is 7.96. The van der Waals surface area contributed by atoms with E-state index in [0.717, 1.165) is 37.8 Å². The standard InChI is InChI=1S/C18H29NOSSi/c1-5-19(22(2,3)4)16-11-13-18(14-12-16,17(20)21)15-9-7-6-8-10-15/h6-10,16H,5,11-14H2,1-4H3,(H,20,21). The molecule has 0 saturated heterocycles. The van der Waals surface area contributed by atoms with Crippen molar-refractivity contribution >= 4 is 26.0 Å². The summed E-state index contributed by atoms with van der Waals surface area (Å²) in [6, 6.07) is 10.9. The minimum atomic E-state index is -1.30. The Hall–Kier alpha value is -0.583. The van der Waals surface area contributed by atoms with Crippen LogP contribution < -0.4 is 0 Å². The summed E-state index contributed by atoms with van der Waals surface area (Å²) in [6.45, 7) is 10.6. The van der Waals surface area contributed by atoms with Gasteiger partial charge in [0.15, 0.2) is 5.12 Å². The van der Waals surface area contributed by atoms with Gasteiger partial charge in [-0.05, 0) is 37.8 Å². The van der Waals surface area contributed by atoms with E-state index in [1.165, 1.54) is 0 Å². The summed E-state index contributed by atoms with van der Waals surface area (Å²) in [5.74, 6) is 0. The first-order valence-electron chi connectivity index (χ1n) is 8.37. The molecule has 1 aromatic carbocycles. The van der Waals surface area contributed by atoms with Crippen LogP contribution in [0.1, 0.15) is 38.2 Å². The van der Waals surface area contributed by atoms with Crippen LogP contribution in [-0.4, -0.2) is 30.5 Å². The lowest BCUT2D eigenvalue weighted by molar-refractivity contribution is -0.117. The first kappa shape index (κ1) is 17.8. The zero-order valence-corrected chi connectivity index (χ0v) is 16.2. The monoisotopic (exact) mass is 335 g/mol. The SMILES string of the molecule is CCN(C1CCC(C(=O)S)(c2ccccc2)CC1)[Si](C)(C)C. The zero-order valence-electron chi connectivity index (χ0n) is 14.3. The molecule has 4 heteroatoms. The Bertz CT molecular complexity index is 504. The number of hydrogen-bond donors (Lipinski definition) is 1. The highest BCUT2D eigenvalue weighted by Gasteiger charge is 2.43. The number of benzene rings is 1. The van der Waals surface area contributed by atoms with Gasteiger partial charge in [-0.25, -0.2) is 0 Å². The number of rotatable bonds is 5. The lowest BCUT2D eigenvalue weighted by Gasteiger charge is -2.46. The van der Waals surface area contributed by atoms with Crippen molar-refractivity contribution in [1.82, 2.24) is 4.57 Å². The van der Waals surface area contributed by atoms with E-state index in [-0.39, 0.29) is 10.5 Å². The normalized spacial score (nSPS) is 26.2. The quantitative estimate of drug-likeness (QED) is 0.632. The molecule has 0 radical (unpaired) electrons. The van der Waals surface area contributed by atoms with Gasteiger partial charge in [0.05, 0.1) is 5.41 Å². The Labute approximate surface area is 141 Å². The van der Waals surface area contributed by atoms with Crippen LogP contribution in [0.15, 0.2) is 30.3 Å². The second kappa shape index (κ2) is 6.89. The van der Waals surface area contributed by atoms with E-state index in [1.807, 2.05) is 18.2 Å². The van der Waals surface area contributed by atoms with Gasteiger partial charge in [-0.15, -0.1) is 12.6 Å². The van der Waals surface area contributed by atoms with Crippen LogP contribution in [0, 0.1) is 0 Å². The third-order valence-electron chi connectivity index (χ3n) is 5.19. The summed E-state index contributed by atoms with van der Waals surface area (Å²) in [5, 5.41) is 0.0354. The smallest absolute Gasteiger partial charge is 0.196 e. The van der Waals surface area contributed by atoms with Crippen molar-refractivity contribution in [3.8, 4) is 0 Å². The lowest BCUT2D eigenvalue weighted by Crippen LogP contribution is -2.54. The van der Waals surface area contributed by atoms with E-state index in [4.69, 9.17) is 0 Å². The van der Waals surface area contributed by atoms with Crippen LogP contribution in [0.25, 0.3) is 0 Å². The minimum absolute atomic E-state index is 0.0354. The summed E-state index contributed by atoms with van der Waals surface area (Å²) in [5.41, 5.74) is 0.768. The Morgan fingerprint density at radius 3 is 2.18 bits per heavy atom. The van der Waals surface area contributed by atoms with E-state index < -0.39 is 8.24 Å². The van der Waals surface area contributed by atoms with Crippen LogP contribution in [0.2, 0.25) is 19.6 Å². The fourth-order valence-corrected chi connectivity index (χ4v) is 6.73. The maximum atomic E-state index is 12.3. The predicted molar refractivity (Wildman–Crippen MR) is 100 cm³/mol. The van der Waals surface area contributed by atoms with Crippen LogP contribution in [-0.2, 0) is 10.2 Å². The highest BCUT2D eigenvalue weighted by atomic mass is 32.1. The van der Waals surface area contributed by atoms with Gasteiger partial charge in [0.2, 0.25) is 0 Å². The van der Waals surface area contributed by atoms with E-state index in [1.54, 1.807) is 0 Å². The molecule has 1 saturated carbocycles. The molecule has 2 nitrogen and oxygen atoms in total. The van der Waals surface area contributed by atoms with Crippen LogP contribution in [0.5, 0.6) is 0 Å². The third kappa shape index (κ3) is 3.49. The van der Waals surface area contributed by atoms with Crippen molar-refractivity contribution in [2.75, 3.05) is 6.54 Å². The van der Waals surface area contributed by atoms with E-state index >= 15 is 0 Å². The molecule has 0 spiro atoms. The largest absolute Gasteiger partial charge is 0.321 e. The third-order valence-corrected chi connectivity index (χ3v) is 8.02. The Morgan fingerprint density at radius 2 is 1.77 bits per heavy atom. The number of hydrogen-bond acceptors (Lipinski definition) is 2. The molecule has 2 rings (SSSR count). The fraction of sp³-hybridized carbons (Fsp3) is 0.611. The van der Waals surface area contributed by atoms with Crippen molar-refractivity contribution in [2.45, 2.75) is 63.7 Å². The van der Waals surface area contributed by atoms with Gasteiger partial charge in [0.1, 0.15) is 8.24 Å². The summed E-state index contributed by atoms with van der Waals surface area (Å²) < 4.78 is 2.71. The molecule has 122 valence electrons. The molecule has 22 heavy (non-hydrogen) atoms. The highest BCUT2D eigenvalue weighted by Crippen LogP contribution is 2.43. The molecule has 0 amide bonds. The van der Waals surface area contributed by atoms with Crippen LogP contribution >= 0.6 is 12.6 Å². The average Bonchev–Trinajstić information content (AvgIpc) is 2.48.